The molecular weight excluding hydrogens is 644 g/mol. The molecule has 0 saturated carbocycles. The second kappa shape index (κ2) is 15.2. The second-order valence-electron chi connectivity index (χ2n) is 10.0. The Bertz CT molecular complexity index is 1490. The molecule has 0 bridgehead atoms. The minimum Gasteiger partial charge on any atom is -0.457 e. The van der Waals surface area contributed by atoms with E-state index < -0.39 is 5.97 Å². The molecule has 2 aromatic heterocycles. The summed E-state index contributed by atoms with van der Waals surface area (Å²) in [5.74, 6) is -0.404. The van der Waals surface area contributed by atoms with Crippen LogP contribution >= 0.6 is 31.9 Å². The highest BCUT2D eigenvalue weighted by Gasteiger charge is 2.09. The zero-order valence-corrected chi connectivity index (χ0v) is 26.6. The first-order valence-corrected chi connectivity index (χ1v) is 15.3. The summed E-state index contributed by atoms with van der Waals surface area (Å²) in [6.45, 7) is 9.03. The molecule has 0 aliphatic rings. The van der Waals surface area contributed by atoms with Crippen LogP contribution in [0.3, 0.4) is 0 Å². The standard InChI is InChI=1S/C34H34Br2N2O3/c1-4-5-6-7-12-40-21-24-13-28(17-30(35)15-24)26-8-10-32(37-19-26)33-11-9-27(20-38-33)29-14-25(16-31(36)18-29)22-41-34(39)23(2)3/h8-11,13-20H,2,4-7,12,21-22H2,1,3H3. The second-order valence-corrected chi connectivity index (χ2v) is 11.9. The third-order valence-corrected chi connectivity index (χ3v) is 7.42. The smallest absolute Gasteiger partial charge is 0.333 e. The molecule has 4 aromatic rings. The number of benzene rings is 2. The van der Waals surface area contributed by atoms with Gasteiger partial charge in [0.15, 0.2) is 0 Å². The predicted molar refractivity (Wildman–Crippen MR) is 172 cm³/mol. The quantitative estimate of drug-likeness (QED) is 0.0801. The summed E-state index contributed by atoms with van der Waals surface area (Å²) in [6, 6.07) is 20.3. The van der Waals surface area contributed by atoms with Gasteiger partial charge < -0.3 is 9.47 Å². The maximum Gasteiger partial charge on any atom is 0.333 e. The van der Waals surface area contributed by atoms with E-state index in [1.807, 2.05) is 48.8 Å². The Morgan fingerprint density at radius 2 is 1.32 bits per heavy atom. The van der Waals surface area contributed by atoms with Crippen LogP contribution in [-0.2, 0) is 27.5 Å². The van der Waals surface area contributed by atoms with Crippen LogP contribution in [0.1, 0.15) is 50.7 Å². The average molecular weight is 678 g/mol. The Morgan fingerprint density at radius 1 is 0.756 bits per heavy atom. The number of hydrogen-bond donors (Lipinski definition) is 0. The third-order valence-electron chi connectivity index (χ3n) is 6.50. The molecule has 0 radical (unpaired) electrons. The zero-order valence-electron chi connectivity index (χ0n) is 23.5. The molecule has 0 N–H and O–H groups in total. The van der Waals surface area contributed by atoms with Crippen molar-refractivity contribution in [3.63, 3.8) is 0 Å². The van der Waals surface area contributed by atoms with Gasteiger partial charge in [-0.2, -0.15) is 0 Å². The van der Waals surface area contributed by atoms with Crippen LogP contribution in [0.25, 0.3) is 33.6 Å². The van der Waals surface area contributed by atoms with Gasteiger partial charge in [-0.25, -0.2) is 4.79 Å². The number of ether oxygens (including phenoxy) is 2. The van der Waals surface area contributed by atoms with Gasteiger partial charge in [-0.1, -0.05) is 76.8 Å². The fourth-order valence-electron chi connectivity index (χ4n) is 4.33. The van der Waals surface area contributed by atoms with Crippen molar-refractivity contribution in [1.82, 2.24) is 9.97 Å². The van der Waals surface area contributed by atoms with Gasteiger partial charge in [-0.05, 0) is 84.1 Å². The van der Waals surface area contributed by atoms with Gasteiger partial charge in [0, 0.05) is 44.6 Å². The van der Waals surface area contributed by atoms with Crippen molar-refractivity contribution >= 4 is 37.8 Å². The first-order valence-electron chi connectivity index (χ1n) is 13.7. The van der Waals surface area contributed by atoms with Gasteiger partial charge in [0.05, 0.1) is 18.0 Å². The molecule has 0 amide bonds. The van der Waals surface area contributed by atoms with Crippen molar-refractivity contribution in [2.75, 3.05) is 6.61 Å². The minimum absolute atomic E-state index is 0.172. The van der Waals surface area contributed by atoms with E-state index in [1.165, 1.54) is 19.3 Å². The van der Waals surface area contributed by atoms with E-state index in [4.69, 9.17) is 14.5 Å². The van der Waals surface area contributed by atoms with Crippen LogP contribution < -0.4 is 0 Å². The van der Waals surface area contributed by atoms with Gasteiger partial charge in [0.2, 0.25) is 0 Å². The highest BCUT2D eigenvalue weighted by atomic mass is 79.9. The van der Waals surface area contributed by atoms with Gasteiger partial charge in [0.1, 0.15) is 6.61 Å². The van der Waals surface area contributed by atoms with Crippen LogP contribution in [0.4, 0.5) is 0 Å². The van der Waals surface area contributed by atoms with E-state index in [1.54, 1.807) is 6.92 Å². The van der Waals surface area contributed by atoms with Crippen molar-refractivity contribution in [2.24, 2.45) is 0 Å². The van der Waals surface area contributed by atoms with E-state index in [0.29, 0.717) is 12.2 Å². The summed E-state index contributed by atoms with van der Waals surface area (Å²) < 4.78 is 13.1. The van der Waals surface area contributed by atoms with Crippen LogP contribution in [-0.4, -0.2) is 22.5 Å². The van der Waals surface area contributed by atoms with E-state index in [9.17, 15) is 4.79 Å². The molecule has 41 heavy (non-hydrogen) atoms. The summed E-state index contributed by atoms with van der Waals surface area (Å²) in [4.78, 5) is 21.2. The molecular formula is C34H34Br2N2O3. The largest absolute Gasteiger partial charge is 0.457 e. The molecule has 4 rings (SSSR count). The third kappa shape index (κ3) is 9.18. The van der Waals surface area contributed by atoms with Crippen molar-refractivity contribution < 1.29 is 14.3 Å². The molecule has 7 heteroatoms. The molecule has 5 nitrogen and oxygen atoms in total. The molecule has 0 aliphatic carbocycles. The summed E-state index contributed by atoms with van der Waals surface area (Å²) in [6.07, 6.45) is 8.53. The summed E-state index contributed by atoms with van der Waals surface area (Å²) in [5, 5.41) is 0. The molecule has 2 heterocycles. The SMILES string of the molecule is C=C(C)C(=O)OCc1cc(Br)cc(-c2ccc(-c3ccc(-c4cc(Br)cc(COCCCCCC)c4)cn3)nc2)c1. The Hall–Kier alpha value is -3.13. The number of unbranched alkanes of at least 4 members (excludes halogenated alkanes) is 3. The monoisotopic (exact) mass is 676 g/mol. The lowest BCUT2D eigenvalue weighted by Crippen LogP contribution is -2.04. The average Bonchev–Trinajstić information content (AvgIpc) is 2.97. The number of aromatic nitrogens is 2. The van der Waals surface area contributed by atoms with Crippen LogP contribution in [0, 0.1) is 0 Å². The molecule has 0 saturated heterocycles. The molecule has 2 aromatic carbocycles. The number of hydrogen-bond acceptors (Lipinski definition) is 5. The van der Waals surface area contributed by atoms with E-state index in [0.717, 1.165) is 66.7 Å². The van der Waals surface area contributed by atoms with Crippen LogP contribution in [0.15, 0.2) is 94.2 Å². The first kappa shape index (κ1) is 30.8. The fourth-order valence-corrected chi connectivity index (χ4v) is 5.41. The Balaban J connectivity index is 1.43. The summed E-state index contributed by atoms with van der Waals surface area (Å²) in [5.41, 5.74) is 8.02. The topological polar surface area (TPSA) is 61.3 Å². The number of nitrogens with zero attached hydrogens (tertiary/aromatic N) is 2. The van der Waals surface area contributed by atoms with Crippen molar-refractivity contribution in [2.45, 2.75) is 52.7 Å². The number of carbonyl (C=O) groups is 1. The number of carbonyl (C=O) groups excluding carboxylic acids is 1. The number of esters is 1. The highest BCUT2D eigenvalue weighted by molar-refractivity contribution is 9.10. The van der Waals surface area contributed by atoms with Crippen molar-refractivity contribution in [3.8, 4) is 33.6 Å². The molecule has 0 unspecified atom stereocenters. The normalized spacial score (nSPS) is 10.9. The lowest BCUT2D eigenvalue weighted by Gasteiger charge is -2.10. The molecule has 0 fully saturated rings. The Labute approximate surface area is 259 Å². The first-order chi connectivity index (χ1) is 19.8. The Morgan fingerprint density at radius 3 is 1.80 bits per heavy atom. The van der Waals surface area contributed by atoms with E-state index in [2.05, 4.69) is 74.6 Å². The molecule has 212 valence electrons. The maximum atomic E-state index is 11.8. The van der Waals surface area contributed by atoms with Gasteiger partial charge in [0.25, 0.3) is 0 Å². The van der Waals surface area contributed by atoms with Crippen LogP contribution in [0.2, 0.25) is 0 Å². The minimum atomic E-state index is -0.404. The summed E-state index contributed by atoms with van der Waals surface area (Å²) >= 11 is 7.20. The lowest BCUT2D eigenvalue weighted by atomic mass is 10.0. The number of rotatable bonds is 13. The molecule has 0 spiro atoms. The molecule has 0 atom stereocenters. The maximum absolute atomic E-state index is 11.8. The van der Waals surface area contributed by atoms with Gasteiger partial charge >= 0.3 is 5.97 Å². The summed E-state index contributed by atoms with van der Waals surface area (Å²) in [7, 11) is 0. The fraction of sp³-hybridized carbons (Fsp3) is 0.265. The zero-order chi connectivity index (χ0) is 29.2. The van der Waals surface area contributed by atoms with E-state index >= 15 is 0 Å². The van der Waals surface area contributed by atoms with Crippen molar-refractivity contribution in [1.29, 1.82) is 0 Å². The lowest BCUT2D eigenvalue weighted by molar-refractivity contribution is -0.140. The van der Waals surface area contributed by atoms with Gasteiger partial charge in [-0.15, -0.1) is 0 Å². The highest BCUT2D eigenvalue weighted by Crippen LogP contribution is 2.29. The van der Waals surface area contributed by atoms with Crippen LogP contribution in [0.5, 0.6) is 0 Å². The molecule has 0 aliphatic heterocycles. The number of halogens is 2. The predicted octanol–water partition coefficient (Wildman–Crippen LogP) is 9.72. The Kier molecular flexibility index (Phi) is 11.4. The van der Waals surface area contributed by atoms with Gasteiger partial charge in [-0.3, -0.25) is 9.97 Å². The van der Waals surface area contributed by atoms with Crippen molar-refractivity contribution in [3.05, 3.63) is 105 Å². The van der Waals surface area contributed by atoms with E-state index in [-0.39, 0.29) is 6.61 Å². The number of pyridine rings is 2.